The van der Waals surface area contributed by atoms with Gasteiger partial charge in [0, 0.05) is 0 Å². The maximum absolute atomic E-state index is 13.5. The summed E-state index contributed by atoms with van der Waals surface area (Å²) >= 11 is 0. The van der Waals surface area contributed by atoms with Crippen molar-refractivity contribution >= 4 is 18.6 Å². The smallest absolute Gasteiger partial charge is 0.456 e. The Morgan fingerprint density at radius 3 is 1.96 bits per heavy atom. The summed E-state index contributed by atoms with van der Waals surface area (Å²) in [6, 6.07) is 3.40. The lowest BCUT2D eigenvalue weighted by Crippen LogP contribution is -2.41. The lowest BCUT2D eigenvalue weighted by atomic mass is 9.77. The normalized spacial score (nSPS) is 19.5. The van der Waals surface area contributed by atoms with Gasteiger partial charge >= 0.3 is 19.3 Å². The first-order valence-electron chi connectivity index (χ1n) is 8.34. The van der Waals surface area contributed by atoms with E-state index in [2.05, 4.69) is 0 Å². The number of halogens is 3. The van der Waals surface area contributed by atoms with Crippen LogP contribution in [0.1, 0.15) is 64.4 Å². The highest BCUT2D eigenvalue weighted by atomic mass is 19.4. The molecule has 2 rings (SSSR count). The van der Waals surface area contributed by atoms with Crippen molar-refractivity contribution in [1.82, 2.24) is 0 Å². The highest BCUT2D eigenvalue weighted by molar-refractivity contribution is 6.62. The van der Waals surface area contributed by atoms with E-state index in [-0.39, 0.29) is 5.46 Å². The van der Waals surface area contributed by atoms with Crippen molar-refractivity contribution in [2.45, 2.75) is 71.4 Å². The van der Waals surface area contributed by atoms with Crippen molar-refractivity contribution in [3.05, 3.63) is 29.3 Å². The molecule has 8 heteroatoms. The monoisotopic (exact) mass is 372 g/mol. The molecule has 0 bridgehead atoms. The van der Waals surface area contributed by atoms with Crippen molar-refractivity contribution in [1.29, 1.82) is 0 Å². The number of hydrogen-bond donors (Lipinski definition) is 0. The molecule has 0 radical (unpaired) electrons. The maximum atomic E-state index is 13.5. The summed E-state index contributed by atoms with van der Waals surface area (Å²) in [5.74, 6) is -1.02. The number of carbonyl (C=O) groups is 1. The van der Waals surface area contributed by atoms with Crippen molar-refractivity contribution in [3.63, 3.8) is 0 Å². The molecule has 1 fully saturated rings. The average molecular weight is 372 g/mol. The Kier molecular flexibility index (Phi) is 5.01. The van der Waals surface area contributed by atoms with Gasteiger partial charge < -0.3 is 14.0 Å². The zero-order valence-electron chi connectivity index (χ0n) is 16.1. The van der Waals surface area contributed by atoms with Gasteiger partial charge in [0.15, 0.2) is 0 Å². The Morgan fingerprint density at radius 2 is 1.54 bits per heavy atom. The SMILES string of the molecule is CC(C)(C)OC(=O)c1ccc(B2OC(C)(C)C(C)(C)O2)cc1C(F)(F)F. The topological polar surface area (TPSA) is 44.8 Å². The molecule has 1 aromatic rings. The zero-order chi connectivity index (χ0) is 20.1. The highest BCUT2D eigenvalue weighted by Gasteiger charge is 2.52. The fourth-order valence-electron chi connectivity index (χ4n) is 2.43. The third-order valence-corrected chi connectivity index (χ3v) is 4.49. The van der Waals surface area contributed by atoms with E-state index in [1.54, 1.807) is 20.8 Å². The summed E-state index contributed by atoms with van der Waals surface area (Å²) in [4.78, 5) is 12.2. The molecule has 4 nitrogen and oxygen atoms in total. The lowest BCUT2D eigenvalue weighted by molar-refractivity contribution is -0.138. The molecule has 0 amide bonds. The minimum Gasteiger partial charge on any atom is -0.456 e. The van der Waals surface area contributed by atoms with Crippen LogP contribution in [0.5, 0.6) is 0 Å². The molecule has 1 saturated heterocycles. The van der Waals surface area contributed by atoms with Crippen LogP contribution in [-0.4, -0.2) is 29.9 Å². The van der Waals surface area contributed by atoms with Crippen LogP contribution in [0.25, 0.3) is 0 Å². The Morgan fingerprint density at radius 1 is 1.04 bits per heavy atom. The minimum absolute atomic E-state index is 0.197. The van der Waals surface area contributed by atoms with Gasteiger partial charge in [0.05, 0.1) is 22.3 Å². The largest absolute Gasteiger partial charge is 0.494 e. The second-order valence-corrected chi connectivity index (χ2v) is 8.39. The summed E-state index contributed by atoms with van der Waals surface area (Å²) in [6.07, 6.45) is -4.72. The predicted molar refractivity (Wildman–Crippen MR) is 92.3 cm³/mol. The molecule has 1 aromatic carbocycles. The molecule has 1 heterocycles. The first kappa shape index (κ1) is 20.8. The van der Waals surface area contributed by atoms with E-state index in [9.17, 15) is 18.0 Å². The molecule has 1 aliphatic rings. The van der Waals surface area contributed by atoms with Crippen molar-refractivity contribution in [2.75, 3.05) is 0 Å². The third kappa shape index (κ3) is 4.23. The van der Waals surface area contributed by atoms with E-state index >= 15 is 0 Å². The number of hydrogen-bond acceptors (Lipinski definition) is 4. The molecule has 0 aromatic heterocycles. The molecular formula is C18H24BF3O4. The fraction of sp³-hybridized carbons (Fsp3) is 0.611. The van der Waals surface area contributed by atoms with Crippen LogP contribution in [0.4, 0.5) is 13.2 Å². The molecular weight excluding hydrogens is 348 g/mol. The van der Waals surface area contributed by atoms with Gasteiger partial charge in [-0.1, -0.05) is 6.07 Å². The third-order valence-electron chi connectivity index (χ3n) is 4.49. The van der Waals surface area contributed by atoms with Crippen LogP contribution >= 0.6 is 0 Å². The van der Waals surface area contributed by atoms with Crippen LogP contribution < -0.4 is 5.46 Å². The van der Waals surface area contributed by atoms with Gasteiger partial charge in [-0.3, -0.25) is 0 Å². The first-order chi connectivity index (χ1) is 11.5. The van der Waals surface area contributed by atoms with Gasteiger partial charge in [0.2, 0.25) is 0 Å². The van der Waals surface area contributed by atoms with E-state index < -0.39 is 47.2 Å². The van der Waals surface area contributed by atoms with E-state index in [1.165, 1.54) is 6.07 Å². The van der Waals surface area contributed by atoms with Gasteiger partial charge in [0.1, 0.15) is 5.60 Å². The summed E-state index contributed by atoms with van der Waals surface area (Å²) in [6.45, 7) is 12.0. The minimum atomic E-state index is -4.72. The Labute approximate surface area is 152 Å². The van der Waals surface area contributed by atoms with Gasteiger partial charge in [-0.25, -0.2) is 4.79 Å². The number of esters is 1. The number of carbonyl (C=O) groups excluding carboxylic acids is 1. The molecule has 0 atom stereocenters. The summed E-state index contributed by atoms with van der Waals surface area (Å²) in [5.41, 5.74) is -3.67. The molecule has 26 heavy (non-hydrogen) atoms. The van der Waals surface area contributed by atoms with Crippen molar-refractivity contribution in [2.24, 2.45) is 0 Å². The van der Waals surface area contributed by atoms with Crippen LogP contribution in [0.15, 0.2) is 18.2 Å². The molecule has 144 valence electrons. The Hall–Kier alpha value is -1.54. The van der Waals surface area contributed by atoms with Gasteiger partial charge in [-0.05, 0) is 66.1 Å². The van der Waals surface area contributed by atoms with Crippen LogP contribution in [0.3, 0.4) is 0 Å². The predicted octanol–water partition coefficient (Wildman–Crippen LogP) is 3.96. The fourth-order valence-corrected chi connectivity index (χ4v) is 2.43. The number of ether oxygens (including phenoxy) is 1. The second kappa shape index (κ2) is 6.27. The molecule has 0 unspecified atom stereocenters. The summed E-state index contributed by atoms with van der Waals surface area (Å²) in [5, 5.41) is 0. The first-order valence-corrected chi connectivity index (χ1v) is 8.34. The number of alkyl halides is 3. The summed E-state index contributed by atoms with van der Waals surface area (Å²) < 4.78 is 57.2. The zero-order valence-corrected chi connectivity index (χ0v) is 16.1. The molecule has 0 N–H and O–H groups in total. The molecule has 0 aliphatic carbocycles. The van der Waals surface area contributed by atoms with Crippen LogP contribution in [-0.2, 0) is 20.2 Å². The van der Waals surface area contributed by atoms with E-state index in [0.717, 1.165) is 12.1 Å². The maximum Gasteiger partial charge on any atom is 0.494 e. The van der Waals surface area contributed by atoms with E-state index in [4.69, 9.17) is 14.0 Å². The second-order valence-electron chi connectivity index (χ2n) is 8.39. The number of benzene rings is 1. The van der Waals surface area contributed by atoms with Crippen LogP contribution in [0.2, 0.25) is 0 Å². The average Bonchev–Trinajstić information content (AvgIpc) is 2.64. The van der Waals surface area contributed by atoms with E-state index in [0.29, 0.717) is 0 Å². The Bertz CT molecular complexity index is 689. The quantitative estimate of drug-likeness (QED) is 0.582. The molecule has 0 saturated carbocycles. The Balaban J connectivity index is 2.43. The van der Waals surface area contributed by atoms with Gasteiger partial charge in [-0.2, -0.15) is 13.2 Å². The van der Waals surface area contributed by atoms with Crippen molar-refractivity contribution in [3.8, 4) is 0 Å². The van der Waals surface area contributed by atoms with E-state index in [1.807, 2.05) is 27.7 Å². The lowest BCUT2D eigenvalue weighted by Gasteiger charge is -2.32. The molecule has 1 aliphatic heterocycles. The van der Waals surface area contributed by atoms with Crippen molar-refractivity contribution < 1.29 is 32.0 Å². The van der Waals surface area contributed by atoms with Crippen LogP contribution in [0, 0.1) is 0 Å². The number of rotatable bonds is 2. The van der Waals surface area contributed by atoms with Gasteiger partial charge in [0.25, 0.3) is 0 Å². The summed E-state index contributed by atoms with van der Waals surface area (Å²) in [7, 11) is -0.950. The highest BCUT2D eigenvalue weighted by Crippen LogP contribution is 2.37. The molecule has 0 spiro atoms. The van der Waals surface area contributed by atoms with Gasteiger partial charge in [-0.15, -0.1) is 0 Å². The standard InChI is InChI=1S/C18H24BF3O4/c1-15(2,3)24-14(23)12-9-8-11(10-13(12)18(20,21)22)19-25-16(4,5)17(6,7)26-19/h8-10H,1-7H3.